The van der Waals surface area contributed by atoms with Crippen molar-refractivity contribution in [1.82, 2.24) is 5.32 Å². The molecule has 1 aromatic carbocycles. The predicted molar refractivity (Wildman–Crippen MR) is 85.5 cm³/mol. The lowest BCUT2D eigenvalue weighted by molar-refractivity contribution is 0.221. The van der Waals surface area contributed by atoms with Crippen molar-refractivity contribution < 1.29 is 4.74 Å². The minimum Gasteiger partial charge on any atom is -0.488 e. The topological polar surface area (TPSA) is 21.3 Å². The second-order valence-electron chi connectivity index (χ2n) is 6.21. The van der Waals surface area contributed by atoms with Crippen molar-refractivity contribution in [2.75, 3.05) is 6.54 Å². The molecule has 0 radical (unpaired) electrons. The Labute approximate surface area is 123 Å². The Kier molecular flexibility index (Phi) is 5.90. The molecule has 0 spiro atoms. The molecule has 112 valence electrons. The Morgan fingerprint density at radius 3 is 2.95 bits per heavy atom. The van der Waals surface area contributed by atoms with Gasteiger partial charge in [0.1, 0.15) is 11.9 Å². The van der Waals surface area contributed by atoms with E-state index < -0.39 is 0 Å². The maximum Gasteiger partial charge on any atom is 0.123 e. The van der Waals surface area contributed by atoms with Gasteiger partial charge in [-0.1, -0.05) is 50.3 Å². The van der Waals surface area contributed by atoms with E-state index in [1.807, 2.05) is 0 Å². The SMILES string of the molecule is CCCCCCC(C)NCC1Cc2cc(C)ccc2O1. The van der Waals surface area contributed by atoms with Crippen molar-refractivity contribution in [1.29, 1.82) is 0 Å². The molecule has 0 aromatic heterocycles. The molecular weight excluding hydrogens is 246 g/mol. The molecule has 2 nitrogen and oxygen atoms in total. The average molecular weight is 275 g/mol. The van der Waals surface area contributed by atoms with Gasteiger partial charge in [0.25, 0.3) is 0 Å². The summed E-state index contributed by atoms with van der Waals surface area (Å²) in [6.45, 7) is 7.66. The number of fused-ring (bicyclic) bond motifs is 1. The minimum atomic E-state index is 0.310. The third kappa shape index (κ3) is 4.52. The van der Waals surface area contributed by atoms with Gasteiger partial charge in [-0.15, -0.1) is 0 Å². The number of hydrogen-bond donors (Lipinski definition) is 1. The van der Waals surface area contributed by atoms with Gasteiger partial charge in [-0.2, -0.15) is 0 Å². The number of rotatable bonds is 8. The van der Waals surface area contributed by atoms with Crippen LogP contribution in [0.5, 0.6) is 5.75 Å². The average Bonchev–Trinajstić information content (AvgIpc) is 2.83. The molecule has 20 heavy (non-hydrogen) atoms. The van der Waals surface area contributed by atoms with Crippen LogP contribution in [0.15, 0.2) is 18.2 Å². The summed E-state index contributed by atoms with van der Waals surface area (Å²) in [6, 6.07) is 7.09. The molecule has 2 unspecified atom stereocenters. The Morgan fingerprint density at radius 1 is 1.30 bits per heavy atom. The monoisotopic (exact) mass is 275 g/mol. The quantitative estimate of drug-likeness (QED) is 0.716. The molecule has 0 fully saturated rings. The summed E-state index contributed by atoms with van der Waals surface area (Å²) in [6.07, 6.45) is 8.03. The zero-order valence-electron chi connectivity index (χ0n) is 13.2. The van der Waals surface area contributed by atoms with E-state index >= 15 is 0 Å². The predicted octanol–water partition coefficient (Wildman–Crippen LogP) is 4.25. The number of unbranched alkanes of at least 4 members (excludes halogenated alkanes) is 3. The molecule has 0 saturated heterocycles. The molecule has 2 atom stereocenters. The van der Waals surface area contributed by atoms with Crippen molar-refractivity contribution in [3.8, 4) is 5.75 Å². The summed E-state index contributed by atoms with van der Waals surface area (Å²) in [5.74, 6) is 1.08. The standard InChI is InChI=1S/C18H29NO/c1-4-5-6-7-8-15(3)19-13-17-12-16-11-14(2)9-10-18(16)20-17/h9-11,15,17,19H,4-8,12-13H2,1-3H3. The summed E-state index contributed by atoms with van der Waals surface area (Å²) < 4.78 is 5.99. The van der Waals surface area contributed by atoms with Crippen LogP contribution in [0.3, 0.4) is 0 Å². The molecule has 2 heteroatoms. The van der Waals surface area contributed by atoms with Crippen molar-refractivity contribution in [3.05, 3.63) is 29.3 Å². The maximum atomic E-state index is 5.99. The Bertz CT molecular complexity index is 416. The van der Waals surface area contributed by atoms with Crippen molar-refractivity contribution >= 4 is 0 Å². The summed E-state index contributed by atoms with van der Waals surface area (Å²) >= 11 is 0. The fourth-order valence-corrected chi connectivity index (χ4v) is 2.88. The van der Waals surface area contributed by atoms with Gasteiger partial charge in [0.2, 0.25) is 0 Å². The smallest absolute Gasteiger partial charge is 0.123 e. The highest BCUT2D eigenvalue weighted by Crippen LogP contribution is 2.29. The summed E-state index contributed by atoms with van der Waals surface area (Å²) in [5, 5.41) is 3.63. The first kappa shape index (κ1) is 15.4. The number of ether oxygens (including phenoxy) is 1. The molecule has 1 aliphatic rings. The van der Waals surface area contributed by atoms with E-state index in [-0.39, 0.29) is 0 Å². The van der Waals surface area contributed by atoms with E-state index in [4.69, 9.17) is 4.74 Å². The van der Waals surface area contributed by atoms with Crippen molar-refractivity contribution in [2.45, 2.75) is 71.4 Å². The van der Waals surface area contributed by atoms with E-state index in [9.17, 15) is 0 Å². The highest BCUT2D eigenvalue weighted by atomic mass is 16.5. The number of nitrogens with one attached hydrogen (secondary N) is 1. The summed E-state index contributed by atoms with van der Waals surface area (Å²) in [7, 11) is 0. The summed E-state index contributed by atoms with van der Waals surface area (Å²) in [4.78, 5) is 0. The van der Waals surface area contributed by atoms with Crippen LogP contribution in [-0.2, 0) is 6.42 Å². The molecule has 1 aliphatic heterocycles. The van der Waals surface area contributed by atoms with Crippen LogP contribution in [0.25, 0.3) is 0 Å². The van der Waals surface area contributed by atoms with Crippen LogP contribution in [0.4, 0.5) is 0 Å². The molecule has 1 aromatic rings. The zero-order chi connectivity index (χ0) is 14.4. The molecule has 0 saturated carbocycles. The number of benzene rings is 1. The van der Waals surface area contributed by atoms with Crippen LogP contribution in [0, 0.1) is 6.92 Å². The Balaban J connectivity index is 1.66. The third-order valence-electron chi connectivity index (χ3n) is 4.14. The van der Waals surface area contributed by atoms with Gasteiger partial charge in [0, 0.05) is 19.0 Å². The summed E-state index contributed by atoms with van der Waals surface area (Å²) in [5.41, 5.74) is 2.69. The largest absolute Gasteiger partial charge is 0.488 e. The van der Waals surface area contributed by atoms with E-state index in [1.54, 1.807) is 0 Å². The van der Waals surface area contributed by atoms with Gasteiger partial charge in [0.05, 0.1) is 0 Å². The lowest BCUT2D eigenvalue weighted by atomic mass is 10.1. The van der Waals surface area contributed by atoms with Crippen LogP contribution in [0.1, 0.15) is 57.1 Å². The molecule has 1 heterocycles. The first-order valence-electron chi connectivity index (χ1n) is 8.18. The zero-order valence-corrected chi connectivity index (χ0v) is 13.2. The van der Waals surface area contributed by atoms with E-state index in [2.05, 4.69) is 44.3 Å². The van der Waals surface area contributed by atoms with Crippen LogP contribution in [0.2, 0.25) is 0 Å². The molecule has 2 rings (SSSR count). The van der Waals surface area contributed by atoms with Gasteiger partial charge in [0.15, 0.2) is 0 Å². The molecule has 0 aliphatic carbocycles. The van der Waals surface area contributed by atoms with Crippen molar-refractivity contribution in [2.24, 2.45) is 0 Å². The normalized spacial score (nSPS) is 18.6. The Morgan fingerprint density at radius 2 is 2.15 bits per heavy atom. The van der Waals surface area contributed by atoms with Gasteiger partial charge in [-0.25, -0.2) is 0 Å². The van der Waals surface area contributed by atoms with Gasteiger partial charge >= 0.3 is 0 Å². The molecule has 1 N–H and O–H groups in total. The molecular formula is C18H29NO. The molecule has 0 bridgehead atoms. The lowest BCUT2D eigenvalue weighted by Gasteiger charge is -2.17. The third-order valence-corrected chi connectivity index (χ3v) is 4.14. The Hall–Kier alpha value is -1.02. The number of aryl methyl sites for hydroxylation is 1. The highest BCUT2D eigenvalue weighted by molar-refractivity contribution is 5.40. The van der Waals surface area contributed by atoms with Gasteiger partial charge < -0.3 is 10.1 Å². The second-order valence-corrected chi connectivity index (χ2v) is 6.21. The number of hydrogen-bond acceptors (Lipinski definition) is 2. The lowest BCUT2D eigenvalue weighted by Crippen LogP contribution is -2.35. The van der Waals surface area contributed by atoms with Gasteiger partial charge in [-0.05, 0) is 31.9 Å². The molecule has 0 amide bonds. The van der Waals surface area contributed by atoms with Crippen LogP contribution in [-0.4, -0.2) is 18.7 Å². The minimum absolute atomic E-state index is 0.310. The highest BCUT2D eigenvalue weighted by Gasteiger charge is 2.22. The second kappa shape index (κ2) is 7.68. The van der Waals surface area contributed by atoms with Gasteiger partial charge in [-0.3, -0.25) is 0 Å². The maximum absolute atomic E-state index is 5.99. The fourth-order valence-electron chi connectivity index (χ4n) is 2.88. The van der Waals surface area contributed by atoms with E-state index in [0.717, 1.165) is 18.7 Å². The van der Waals surface area contributed by atoms with Crippen LogP contribution >= 0.6 is 0 Å². The van der Waals surface area contributed by atoms with E-state index in [1.165, 1.54) is 43.2 Å². The fraction of sp³-hybridized carbons (Fsp3) is 0.667. The van der Waals surface area contributed by atoms with E-state index in [0.29, 0.717) is 12.1 Å². The van der Waals surface area contributed by atoms with Crippen molar-refractivity contribution in [3.63, 3.8) is 0 Å². The van der Waals surface area contributed by atoms with Crippen LogP contribution < -0.4 is 10.1 Å². The first-order chi connectivity index (χ1) is 9.69. The first-order valence-corrected chi connectivity index (χ1v) is 8.18.